The van der Waals surface area contributed by atoms with Crippen molar-refractivity contribution in [3.63, 3.8) is 0 Å². The van der Waals surface area contributed by atoms with E-state index in [-0.39, 0.29) is 16.7 Å². The average Bonchev–Trinajstić information content (AvgIpc) is 3.04. The average molecular weight is 410 g/mol. The van der Waals surface area contributed by atoms with E-state index in [9.17, 15) is 14.5 Å². The van der Waals surface area contributed by atoms with Gasteiger partial charge in [0.25, 0.3) is 0 Å². The number of fused-ring (bicyclic) bond motifs is 5. The SMILES string of the molecule is COP(=O)(OC)C1=CC2CC[C@@H]3[C@@H](CC[C@]4(C)C(C(=O)O)CC[C@@H]34)[C@@]2(C)CC1. The van der Waals surface area contributed by atoms with Gasteiger partial charge in [-0.3, -0.25) is 9.36 Å². The Morgan fingerprint density at radius 3 is 2.36 bits per heavy atom. The third-order valence-electron chi connectivity index (χ3n) is 9.39. The van der Waals surface area contributed by atoms with Gasteiger partial charge in [-0.05, 0) is 85.9 Å². The van der Waals surface area contributed by atoms with E-state index in [0.717, 1.165) is 56.7 Å². The number of carboxylic acid groups (broad SMARTS) is 1. The molecular formula is C22H35O5P. The first-order chi connectivity index (χ1) is 13.2. The summed E-state index contributed by atoms with van der Waals surface area (Å²) < 4.78 is 23.4. The predicted octanol–water partition coefficient (Wildman–Crippen LogP) is 5.71. The molecular weight excluding hydrogens is 375 g/mol. The van der Waals surface area contributed by atoms with Crippen LogP contribution in [0.2, 0.25) is 0 Å². The third-order valence-corrected chi connectivity index (χ3v) is 11.4. The molecule has 0 aromatic heterocycles. The maximum Gasteiger partial charge on any atom is 0.356 e. The van der Waals surface area contributed by atoms with Crippen molar-refractivity contribution in [3.8, 4) is 0 Å². The Morgan fingerprint density at radius 2 is 1.71 bits per heavy atom. The molecule has 0 saturated heterocycles. The molecule has 0 heterocycles. The van der Waals surface area contributed by atoms with Crippen LogP contribution in [-0.2, 0) is 18.4 Å². The smallest absolute Gasteiger partial charge is 0.356 e. The second kappa shape index (κ2) is 6.96. The first-order valence-electron chi connectivity index (χ1n) is 10.8. The number of hydrogen-bond donors (Lipinski definition) is 1. The van der Waals surface area contributed by atoms with Crippen LogP contribution in [0.5, 0.6) is 0 Å². The Bertz CT molecular complexity index is 724. The summed E-state index contributed by atoms with van der Waals surface area (Å²) in [6, 6.07) is 0. The molecule has 28 heavy (non-hydrogen) atoms. The Kier molecular flexibility index (Phi) is 5.13. The highest BCUT2D eigenvalue weighted by molar-refractivity contribution is 7.58. The number of carbonyl (C=O) groups is 1. The quantitative estimate of drug-likeness (QED) is 0.601. The molecule has 0 radical (unpaired) electrons. The molecule has 0 aromatic rings. The van der Waals surface area contributed by atoms with Crippen molar-refractivity contribution in [2.45, 2.75) is 65.2 Å². The molecule has 5 nitrogen and oxygen atoms in total. The summed E-state index contributed by atoms with van der Waals surface area (Å²) in [4.78, 5) is 11.8. The standard InChI is InChI=1S/C22H35O5P/c1-21-11-9-15(28(25,26-3)27-4)13-14(21)5-6-16-17-7-8-19(20(23)24)22(17,2)12-10-18(16)21/h13-14,16-19H,5-12H2,1-4H3,(H,23,24)/t14?,16-,17-,18+,19?,21-,22-/m0/s1. The van der Waals surface area contributed by atoms with Gasteiger partial charge in [-0.15, -0.1) is 0 Å². The molecule has 0 aromatic carbocycles. The minimum atomic E-state index is -3.14. The van der Waals surface area contributed by atoms with Gasteiger partial charge >= 0.3 is 13.6 Å². The molecule has 0 aliphatic heterocycles. The predicted molar refractivity (Wildman–Crippen MR) is 108 cm³/mol. The first kappa shape index (κ1) is 20.6. The maximum absolute atomic E-state index is 12.9. The lowest BCUT2D eigenvalue weighted by molar-refractivity contribution is -0.150. The molecule has 7 atom stereocenters. The molecule has 4 rings (SSSR count). The maximum atomic E-state index is 12.9. The molecule has 4 aliphatic carbocycles. The lowest BCUT2D eigenvalue weighted by Crippen LogP contribution is -2.52. The molecule has 0 bridgehead atoms. The van der Waals surface area contributed by atoms with E-state index < -0.39 is 13.6 Å². The summed E-state index contributed by atoms with van der Waals surface area (Å²) in [5.41, 5.74) is 0.176. The molecule has 4 aliphatic rings. The van der Waals surface area contributed by atoms with E-state index in [1.165, 1.54) is 14.2 Å². The van der Waals surface area contributed by atoms with E-state index >= 15 is 0 Å². The van der Waals surface area contributed by atoms with Gasteiger partial charge < -0.3 is 14.2 Å². The van der Waals surface area contributed by atoms with E-state index in [2.05, 4.69) is 19.9 Å². The zero-order chi connectivity index (χ0) is 20.3. The fourth-order valence-corrected chi connectivity index (χ4v) is 9.15. The molecule has 0 spiro atoms. The number of hydrogen-bond acceptors (Lipinski definition) is 4. The van der Waals surface area contributed by atoms with Crippen molar-refractivity contribution in [1.29, 1.82) is 0 Å². The Balaban J connectivity index is 1.61. The van der Waals surface area contributed by atoms with Crippen molar-refractivity contribution < 1.29 is 23.5 Å². The molecule has 2 unspecified atom stereocenters. The summed E-state index contributed by atoms with van der Waals surface area (Å²) in [7, 11) is -0.200. The van der Waals surface area contributed by atoms with Crippen molar-refractivity contribution >= 4 is 13.6 Å². The summed E-state index contributed by atoms with van der Waals surface area (Å²) in [6.07, 6.45) is 10.3. The van der Waals surface area contributed by atoms with Gasteiger partial charge in [0.05, 0.1) is 5.92 Å². The van der Waals surface area contributed by atoms with Gasteiger partial charge in [0.1, 0.15) is 0 Å². The number of carboxylic acids is 1. The van der Waals surface area contributed by atoms with Crippen LogP contribution in [0.4, 0.5) is 0 Å². The molecule has 3 fully saturated rings. The third kappa shape index (κ3) is 2.80. The van der Waals surface area contributed by atoms with E-state index in [4.69, 9.17) is 9.05 Å². The largest absolute Gasteiger partial charge is 0.481 e. The van der Waals surface area contributed by atoms with Crippen molar-refractivity contribution in [2.75, 3.05) is 14.2 Å². The summed E-state index contributed by atoms with van der Waals surface area (Å²) >= 11 is 0. The second-order valence-corrected chi connectivity index (χ2v) is 12.4. The highest BCUT2D eigenvalue weighted by atomic mass is 31.2. The van der Waals surface area contributed by atoms with E-state index in [0.29, 0.717) is 23.7 Å². The van der Waals surface area contributed by atoms with Crippen LogP contribution < -0.4 is 0 Å². The molecule has 3 saturated carbocycles. The molecule has 1 N–H and O–H groups in total. The Morgan fingerprint density at radius 1 is 1.04 bits per heavy atom. The van der Waals surface area contributed by atoms with E-state index in [1.54, 1.807) is 0 Å². The number of allylic oxidation sites excluding steroid dienone is 2. The number of rotatable bonds is 4. The fourth-order valence-electron chi connectivity index (χ4n) is 7.79. The van der Waals surface area contributed by atoms with Gasteiger partial charge in [-0.1, -0.05) is 19.9 Å². The monoisotopic (exact) mass is 410 g/mol. The van der Waals surface area contributed by atoms with Crippen LogP contribution >= 0.6 is 7.60 Å². The van der Waals surface area contributed by atoms with Gasteiger partial charge in [0.15, 0.2) is 0 Å². The van der Waals surface area contributed by atoms with Crippen LogP contribution in [0.3, 0.4) is 0 Å². The van der Waals surface area contributed by atoms with Gasteiger partial charge in [0, 0.05) is 19.5 Å². The zero-order valence-corrected chi connectivity index (χ0v) is 18.5. The second-order valence-electron chi connectivity index (χ2n) is 10.1. The van der Waals surface area contributed by atoms with E-state index in [1.807, 2.05) is 0 Å². The van der Waals surface area contributed by atoms with Gasteiger partial charge in [-0.25, -0.2) is 0 Å². The minimum Gasteiger partial charge on any atom is -0.481 e. The Labute approximate surface area is 168 Å². The summed E-state index contributed by atoms with van der Waals surface area (Å²) in [5.74, 6) is 1.46. The van der Waals surface area contributed by atoms with Gasteiger partial charge in [-0.2, -0.15) is 0 Å². The van der Waals surface area contributed by atoms with Crippen molar-refractivity contribution in [3.05, 3.63) is 11.4 Å². The molecule has 158 valence electrons. The molecule has 6 heteroatoms. The van der Waals surface area contributed by atoms with Crippen LogP contribution in [-0.4, -0.2) is 25.3 Å². The zero-order valence-electron chi connectivity index (χ0n) is 17.6. The lowest BCUT2D eigenvalue weighted by Gasteiger charge is -2.59. The minimum absolute atomic E-state index is 0.0341. The summed E-state index contributed by atoms with van der Waals surface area (Å²) in [5, 5.41) is 10.6. The Hall–Kier alpha value is -0.640. The van der Waals surface area contributed by atoms with Crippen LogP contribution in [0.1, 0.15) is 65.2 Å². The van der Waals surface area contributed by atoms with Crippen LogP contribution in [0, 0.1) is 40.4 Å². The molecule has 0 amide bonds. The number of aliphatic carboxylic acids is 1. The van der Waals surface area contributed by atoms with Crippen LogP contribution in [0.25, 0.3) is 0 Å². The lowest BCUT2D eigenvalue weighted by atomic mass is 9.45. The van der Waals surface area contributed by atoms with Crippen molar-refractivity contribution in [1.82, 2.24) is 0 Å². The highest BCUT2D eigenvalue weighted by Gasteiger charge is 2.61. The first-order valence-corrected chi connectivity index (χ1v) is 12.4. The van der Waals surface area contributed by atoms with Crippen molar-refractivity contribution in [2.24, 2.45) is 40.4 Å². The van der Waals surface area contributed by atoms with Gasteiger partial charge in [0.2, 0.25) is 0 Å². The van der Waals surface area contributed by atoms with Crippen LogP contribution in [0.15, 0.2) is 11.4 Å². The fraction of sp³-hybridized carbons (Fsp3) is 0.864. The topological polar surface area (TPSA) is 72.8 Å². The summed E-state index contributed by atoms with van der Waals surface area (Å²) in [6.45, 7) is 4.68. The normalized spacial score (nSPS) is 45.6. The highest BCUT2D eigenvalue weighted by Crippen LogP contribution is 2.69.